The maximum atomic E-state index is 12.8. The first-order valence-electron chi connectivity index (χ1n) is 9.14. The van der Waals surface area contributed by atoms with E-state index in [0.29, 0.717) is 22.7 Å². The smallest absolute Gasteiger partial charge is 0.257 e. The Labute approximate surface area is 174 Å². The van der Waals surface area contributed by atoms with Crippen LogP contribution < -0.4 is 15.4 Å². The number of methoxy groups -OCH3 is 1. The Morgan fingerprint density at radius 1 is 0.897 bits per heavy atom. The van der Waals surface area contributed by atoms with Gasteiger partial charge < -0.3 is 15.4 Å². The quantitative estimate of drug-likeness (QED) is 0.538. The third-order valence-electron chi connectivity index (χ3n) is 4.18. The van der Waals surface area contributed by atoms with Crippen LogP contribution in [0.3, 0.4) is 0 Å². The van der Waals surface area contributed by atoms with Crippen molar-refractivity contribution in [3.8, 4) is 5.75 Å². The van der Waals surface area contributed by atoms with Crippen molar-refractivity contribution in [2.45, 2.75) is 17.1 Å². The number of benzene rings is 3. The molecule has 1 unspecified atom stereocenters. The summed E-state index contributed by atoms with van der Waals surface area (Å²) in [7, 11) is 1.57. The number of hydrogen-bond donors (Lipinski definition) is 2. The van der Waals surface area contributed by atoms with E-state index in [4.69, 9.17) is 4.74 Å². The summed E-state index contributed by atoms with van der Waals surface area (Å²) < 4.78 is 5.18. The van der Waals surface area contributed by atoms with Gasteiger partial charge in [0.25, 0.3) is 5.91 Å². The molecule has 0 aromatic heterocycles. The Hall–Kier alpha value is -3.25. The number of anilines is 2. The summed E-state index contributed by atoms with van der Waals surface area (Å²) in [6.07, 6.45) is 0. The minimum Gasteiger partial charge on any atom is -0.497 e. The van der Waals surface area contributed by atoms with E-state index in [1.54, 1.807) is 55.6 Å². The average Bonchev–Trinajstić information content (AvgIpc) is 2.75. The van der Waals surface area contributed by atoms with E-state index in [0.717, 1.165) is 4.90 Å². The van der Waals surface area contributed by atoms with Gasteiger partial charge in [-0.1, -0.05) is 36.4 Å². The van der Waals surface area contributed by atoms with Gasteiger partial charge in [-0.05, 0) is 43.3 Å². The summed E-state index contributed by atoms with van der Waals surface area (Å²) in [5, 5.41) is 5.40. The number of hydrogen-bond acceptors (Lipinski definition) is 4. The molecule has 3 rings (SSSR count). The molecule has 6 heteroatoms. The van der Waals surface area contributed by atoms with Crippen LogP contribution in [0.4, 0.5) is 11.4 Å². The van der Waals surface area contributed by atoms with Crippen molar-refractivity contribution in [1.82, 2.24) is 0 Å². The third kappa shape index (κ3) is 5.62. The van der Waals surface area contributed by atoms with Crippen LogP contribution in [-0.4, -0.2) is 24.2 Å². The van der Waals surface area contributed by atoms with E-state index in [1.165, 1.54) is 11.8 Å². The van der Waals surface area contributed by atoms with E-state index >= 15 is 0 Å². The fourth-order valence-electron chi connectivity index (χ4n) is 2.68. The minimum absolute atomic E-state index is 0.166. The number of thioether (sulfide) groups is 1. The van der Waals surface area contributed by atoms with Crippen molar-refractivity contribution < 1.29 is 14.3 Å². The zero-order chi connectivity index (χ0) is 20.6. The summed E-state index contributed by atoms with van der Waals surface area (Å²) in [4.78, 5) is 26.4. The largest absolute Gasteiger partial charge is 0.497 e. The second kappa shape index (κ2) is 9.80. The van der Waals surface area contributed by atoms with E-state index in [2.05, 4.69) is 10.6 Å². The van der Waals surface area contributed by atoms with Gasteiger partial charge in [-0.2, -0.15) is 0 Å². The molecule has 0 radical (unpaired) electrons. The molecule has 2 amide bonds. The first kappa shape index (κ1) is 20.5. The van der Waals surface area contributed by atoms with E-state index in [-0.39, 0.29) is 17.1 Å². The molecule has 3 aromatic rings. The van der Waals surface area contributed by atoms with Crippen LogP contribution in [0, 0.1) is 0 Å². The first-order chi connectivity index (χ1) is 14.1. The highest BCUT2D eigenvalue weighted by Gasteiger charge is 2.18. The van der Waals surface area contributed by atoms with Gasteiger partial charge in [0.05, 0.1) is 23.6 Å². The number of ether oxygens (including phenoxy) is 1. The predicted molar refractivity (Wildman–Crippen MR) is 118 cm³/mol. The first-order valence-corrected chi connectivity index (χ1v) is 10.0. The third-order valence-corrected chi connectivity index (χ3v) is 5.29. The second-order valence-corrected chi connectivity index (χ2v) is 7.71. The number of nitrogens with one attached hydrogen (secondary N) is 2. The molecular formula is C23H22N2O3S. The Morgan fingerprint density at radius 2 is 1.62 bits per heavy atom. The molecule has 29 heavy (non-hydrogen) atoms. The molecule has 0 heterocycles. The zero-order valence-corrected chi connectivity index (χ0v) is 17.0. The number of carbonyl (C=O) groups is 2. The molecule has 1 atom stereocenters. The van der Waals surface area contributed by atoms with Gasteiger partial charge in [0, 0.05) is 16.6 Å². The fraction of sp³-hybridized carbons (Fsp3) is 0.130. The molecule has 0 aliphatic heterocycles. The van der Waals surface area contributed by atoms with Gasteiger partial charge in [0.2, 0.25) is 5.91 Å². The normalized spacial score (nSPS) is 11.4. The van der Waals surface area contributed by atoms with Crippen LogP contribution in [0.2, 0.25) is 0 Å². The topological polar surface area (TPSA) is 67.4 Å². The number of carbonyl (C=O) groups excluding carboxylic acids is 2. The summed E-state index contributed by atoms with van der Waals surface area (Å²) in [6, 6.07) is 23.8. The molecule has 0 fully saturated rings. The average molecular weight is 407 g/mol. The van der Waals surface area contributed by atoms with Crippen molar-refractivity contribution >= 4 is 35.0 Å². The SMILES string of the molecule is COc1cccc(NC(=O)c2ccccc2NC(=O)C(C)Sc2ccccc2)c1. The van der Waals surface area contributed by atoms with Gasteiger partial charge in [0.15, 0.2) is 0 Å². The van der Waals surface area contributed by atoms with E-state index in [1.807, 2.05) is 37.3 Å². The lowest BCUT2D eigenvalue weighted by Gasteiger charge is -2.15. The monoisotopic (exact) mass is 406 g/mol. The highest BCUT2D eigenvalue weighted by Crippen LogP contribution is 2.25. The number of para-hydroxylation sites is 1. The Morgan fingerprint density at radius 3 is 2.38 bits per heavy atom. The fourth-order valence-corrected chi connectivity index (χ4v) is 3.57. The van der Waals surface area contributed by atoms with Crippen molar-refractivity contribution in [3.63, 3.8) is 0 Å². The maximum Gasteiger partial charge on any atom is 0.257 e. The Bertz CT molecular complexity index is 992. The van der Waals surface area contributed by atoms with Gasteiger partial charge in [-0.25, -0.2) is 0 Å². The van der Waals surface area contributed by atoms with Crippen LogP contribution in [0.25, 0.3) is 0 Å². The number of rotatable bonds is 7. The summed E-state index contributed by atoms with van der Waals surface area (Å²) in [6.45, 7) is 1.84. The van der Waals surface area contributed by atoms with E-state index < -0.39 is 0 Å². The molecule has 0 saturated heterocycles. The summed E-state index contributed by atoms with van der Waals surface area (Å²) >= 11 is 1.47. The highest BCUT2D eigenvalue weighted by molar-refractivity contribution is 8.00. The highest BCUT2D eigenvalue weighted by atomic mass is 32.2. The molecule has 0 aliphatic carbocycles. The lowest BCUT2D eigenvalue weighted by atomic mass is 10.1. The molecule has 148 valence electrons. The van der Waals surface area contributed by atoms with Crippen molar-refractivity contribution in [3.05, 3.63) is 84.4 Å². The van der Waals surface area contributed by atoms with Gasteiger partial charge in [0.1, 0.15) is 5.75 Å². The molecule has 5 nitrogen and oxygen atoms in total. The van der Waals surface area contributed by atoms with Crippen LogP contribution in [-0.2, 0) is 4.79 Å². The Balaban J connectivity index is 1.70. The second-order valence-electron chi connectivity index (χ2n) is 6.29. The molecule has 2 N–H and O–H groups in total. The summed E-state index contributed by atoms with van der Waals surface area (Å²) in [5.74, 6) is 0.175. The maximum absolute atomic E-state index is 12.8. The van der Waals surface area contributed by atoms with E-state index in [9.17, 15) is 9.59 Å². The summed E-state index contributed by atoms with van der Waals surface area (Å²) in [5.41, 5.74) is 1.47. The molecule has 3 aromatic carbocycles. The van der Waals surface area contributed by atoms with Crippen molar-refractivity contribution in [2.24, 2.45) is 0 Å². The van der Waals surface area contributed by atoms with Crippen molar-refractivity contribution in [2.75, 3.05) is 17.7 Å². The van der Waals surface area contributed by atoms with Gasteiger partial charge in [-0.15, -0.1) is 11.8 Å². The zero-order valence-electron chi connectivity index (χ0n) is 16.2. The van der Waals surface area contributed by atoms with Crippen LogP contribution >= 0.6 is 11.8 Å². The van der Waals surface area contributed by atoms with Crippen LogP contribution in [0.1, 0.15) is 17.3 Å². The lowest BCUT2D eigenvalue weighted by Crippen LogP contribution is -2.24. The molecular weight excluding hydrogens is 384 g/mol. The molecule has 0 spiro atoms. The Kier molecular flexibility index (Phi) is 6.92. The minimum atomic E-state index is -0.313. The molecule has 0 aliphatic rings. The number of amides is 2. The van der Waals surface area contributed by atoms with Crippen LogP contribution in [0.15, 0.2) is 83.8 Å². The standard InChI is InChI=1S/C23H22N2O3S/c1-16(29-19-11-4-3-5-12-19)22(26)25-21-14-7-6-13-20(21)23(27)24-17-9-8-10-18(15-17)28-2/h3-16H,1-2H3,(H,24,27)(H,25,26). The van der Waals surface area contributed by atoms with Crippen LogP contribution in [0.5, 0.6) is 5.75 Å². The predicted octanol–water partition coefficient (Wildman–Crippen LogP) is 5.07. The van der Waals surface area contributed by atoms with Gasteiger partial charge >= 0.3 is 0 Å². The molecule has 0 saturated carbocycles. The molecule has 0 bridgehead atoms. The lowest BCUT2D eigenvalue weighted by molar-refractivity contribution is -0.115. The van der Waals surface area contributed by atoms with Crippen molar-refractivity contribution in [1.29, 1.82) is 0 Å². The van der Waals surface area contributed by atoms with Gasteiger partial charge in [-0.3, -0.25) is 9.59 Å².